The summed E-state index contributed by atoms with van der Waals surface area (Å²) >= 11 is 0. The van der Waals surface area contributed by atoms with E-state index in [-0.39, 0.29) is 29.6 Å². The summed E-state index contributed by atoms with van der Waals surface area (Å²) in [6.45, 7) is 3.43. The molecule has 0 unspecified atom stereocenters. The Morgan fingerprint density at radius 1 is 1.11 bits per heavy atom. The molecule has 2 aromatic carbocycles. The Balaban J connectivity index is 1.75. The first-order valence-corrected chi connectivity index (χ1v) is 12.1. The number of anilines is 1. The number of hydrogen-bond donors (Lipinski definition) is 1. The van der Waals surface area contributed by atoms with E-state index >= 15 is 0 Å². The molecule has 2 heterocycles. The molecule has 38 heavy (non-hydrogen) atoms. The predicted molar refractivity (Wildman–Crippen MR) is 137 cm³/mol. The van der Waals surface area contributed by atoms with Crippen molar-refractivity contribution in [3.8, 4) is 28.5 Å². The van der Waals surface area contributed by atoms with Gasteiger partial charge in [-0.05, 0) is 37.1 Å². The second kappa shape index (κ2) is 11.1. The second-order valence-corrected chi connectivity index (χ2v) is 8.82. The largest absolute Gasteiger partial charge is 0.494 e. The molecule has 0 aliphatic rings. The van der Waals surface area contributed by atoms with Crippen LogP contribution in [0.15, 0.2) is 54.9 Å². The van der Waals surface area contributed by atoms with Crippen LogP contribution >= 0.6 is 0 Å². The minimum atomic E-state index is -4.33. The Morgan fingerprint density at radius 3 is 2.55 bits per heavy atom. The number of hydrogen-bond acceptors (Lipinski definition) is 5. The Morgan fingerprint density at radius 2 is 1.89 bits per heavy atom. The van der Waals surface area contributed by atoms with E-state index in [9.17, 15) is 22.4 Å². The fraction of sp³-hybridized carbons (Fsp3) is 0.286. The maximum Gasteiger partial charge on any atom is 0.390 e. The quantitative estimate of drug-likeness (QED) is 0.169. The minimum absolute atomic E-state index is 0.0513. The number of carbonyl (C=O) groups excluding carboxylic acids is 1. The molecule has 0 fully saturated rings. The normalized spacial score (nSPS) is 11.6. The molecule has 0 aliphatic carbocycles. The molecule has 6 nitrogen and oxygen atoms in total. The summed E-state index contributed by atoms with van der Waals surface area (Å²) in [5.41, 5.74) is 3.56. The van der Waals surface area contributed by atoms with E-state index < -0.39 is 18.4 Å². The summed E-state index contributed by atoms with van der Waals surface area (Å²) in [7, 11) is 1.35. The number of benzene rings is 2. The maximum absolute atomic E-state index is 14.2. The molecule has 0 saturated carbocycles. The number of Topliss-reactive ketones (excluding diaryl/α,β-unsaturated/α-hetero) is 1. The van der Waals surface area contributed by atoms with Crippen LogP contribution in [-0.4, -0.2) is 35.0 Å². The van der Waals surface area contributed by atoms with Crippen LogP contribution in [0, 0.1) is 12.7 Å². The molecule has 0 radical (unpaired) electrons. The van der Waals surface area contributed by atoms with Crippen LogP contribution in [-0.2, 0) is 0 Å². The Labute approximate surface area is 217 Å². The number of ether oxygens (including phenoxy) is 2. The smallest absolute Gasteiger partial charge is 0.390 e. The van der Waals surface area contributed by atoms with E-state index in [2.05, 4.69) is 10.3 Å². The highest BCUT2D eigenvalue weighted by atomic mass is 19.4. The molecule has 0 saturated heterocycles. The molecule has 0 bridgehead atoms. The molecule has 0 aliphatic heterocycles. The van der Waals surface area contributed by atoms with Crippen LogP contribution < -0.4 is 14.8 Å². The zero-order chi connectivity index (χ0) is 27.4. The molecule has 4 aromatic rings. The highest BCUT2D eigenvalue weighted by Crippen LogP contribution is 2.33. The van der Waals surface area contributed by atoms with Crippen molar-refractivity contribution in [2.24, 2.45) is 0 Å². The number of rotatable bonds is 10. The van der Waals surface area contributed by atoms with Gasteiger partial charge < -0.3 is 14.8 Å². The van der Waals surface area contributed by atoms with E-state index in [0.717, 1.165) is 23.6 Å². The molecule has 0 spiro atoms. The van der Waals surface area contributed by atoms with Crippen molar-refractivity contribution < 1.29 is 31.8 Å². The summed E-state index contributed by atoms with van der Waals surface area (Å²) < 4.78 is 65.1. The molecule has 0 amide bonds. The SMILES string of the molecule is CCCC(=O)c1ccc(-c2cnc3c(NCCC(F)(F)F)cc(Oc4ccc(OC)c(F)c4)cn23)cc1C. The van der Waals surface area contributed by atoms with Crippen LogP contribution in [0.2, 0.25) is 0 Å². The van der Waals surface area contributed by atoms with Gasteiger partial charge in [0.25, 0.3) is 0 Å². The lowest BCUT2D eigenvalue weighted by Gasteiger charge is -2.14. The fourth-order valence-corrected chi connectivity index (χ4v) is 4.14. The monoisotopic (exact) mass is 529 g/mol. The first kappa shape index (κ1) is 27.0. The van der Waals surface area contributed by atoms with Crippen molar-refractivity contribution in [1.82, 2.24) is 9.38 Å². The molecule has 1 N–H and O–H groups in total. The number of fused-ring (bicyclic) bond motifs is 1. The molecule has 200 valence electrons. The Bertz CT molecular complexity index is 1460. The fourth-order valence-electron chi connectivity index (χ4n) is 4.14. The molecular weight excluding hydrogens is 502 g/mol. The van der Waals surface area contributed by atoms with Crippen LogP contribution in [0.5, 0.6) is 17.2 Å². The first-order chi connectivity index (χ1) is 18.1. The number of pyridine rings is 1. The van der Waals surface area contributed by atoms with Crippen molar-refractivity contribution in [2.45, 2.75) is 39.3 Å². The number of nitrogens with one attached hydrogen (secondary N) is 1. The van der Waals surface area contributed by atoms with Crippen molar-refractivity contribution >= 4 is 17.1 Å². The van der Waals surface area contributed by atoms with Crippen molar-refractivity contribution in [2.75, 3.05) is 19.0 Å². The number of aryl methyl sites for hydroxylation is 1. The second-order valence-electron chi connectivity index (χ2n) is 8.82. The van der Waals surface area contributed by atoms with Crippen molar-refractivity contribution in [3.63, 3.8) is 0 Å². The summed E-state index contributed by atoms with van der Waals surface area (Å²) in [5.74, 6) is -0.0720. The standard InChI is InChI=1S/C28H27F4N3O3/c1-4-5-25(36)21-8-6-18(12-17(21)2)24-15-34-27-23(33-11-10-28(30,31)32)14-20(16-35(24)27)38-19-7-9-26(37-3)22(29)13-19/h6-9,12-16,33H,4-5,10-11H2,1-3H3. The molecular formula is C28H27F4N3O3. The topological polar surface area (TPSA) is 64.9 Å². The van der Waals surface area contributed by atoms with Crippen LogP contribution in [0.1, 0.15) is 42.1 Å². The average Bonchev–Trinajstić information content (AvgIpc) is 3.27. The third-order valence-electron chi connectivity index (χ3n) is 5.96. The van der Waals surface area contributed by atoms with Crippen molar-refractivity contribution in [3.05, 3.63) is 71.8 Å². The van der Waals surface area contributed by atoms with Gasteiger partial charge in [-0.15, -0.1) is 0 Å². The van der Waals surface area contributed by atoms with Gasteiger partial charge in [0.15, 0.2) is 23.0 Å². The van der Waals surface area contributed by atoms with Gasteiger partial charge in [0, 0.05) is 36.2 Å². The maximum atomic E-state index is 14.2. The third kappa shape index (κ3) is 6.07. The number of carbonyl (C=O) groups is 1. The van der Waals surface area contributed by atoms with Gasteiger partial charge in [-0.1, -0.05) is 19.1 Å². The summed E-state index contributed by atoms with van der Waals surface area (Å²) in [5, 5.41) is 2.79. The van der Waals surface area contributed by atoms with Gasteiger partial charge in [0.05, 0.1) is 37.3 Å². The summed E-state index contributed by atoms with van der Waals surface area (Å²) in [4.78, 5) is 16.8. The number of alkyl halides is 3. The van der Waals surface area contributed by atoms with E-state index in [1.165, 1.54) is 25.3 Å². The van der Waals surface area contributed by atoms with Gasteiger partial charge in [-0.25, -0.2) is 9.37 Å². The number of ketones is 1. The number of halogens is 4. The lowest BCUT2D eigenvalue weighted by molar-refractivity contribution is -0.131. The van der Waals surface area contributed by atoms with E-state index in [4.69, 9.17) is 9.47 Å². The molecule has 2 aromatic heterocycles. The van der Waals surface area contributed by atoms with Gasteiger partial charge in [-0.2, -0.15) is 13.2 Å². The molecule has 0 atom stereocenters. The molecule has 10 heteroatoms. The number of aromatic nitrogens is 2. The van der Waals surface area contributed by atoms with Crippen LogP contribution in [0.4, 0.5) is 23.2 Å². The Kier molecular flexibility index (Phi) is 7.89. The van der Waals surface area contributed by atoms with E-state index in [1.807, 2.05) is 26.0 Å². The lowest BCUT2D eigenvalue weighted by Crippen LogP contribution is -2.15. The van der Waals surface area contributed by atoms with Gasteiger partial charge in [0.1, 0.15) is 11.5 Å². The number of imidazole rings is 1. The number of methoxy groups -OCH3 is 1. The van der Waals surface area contributed by atoms with Gasteiger partial charge in [0.2, 0.25) is 0 Å². The van der Waals surface area contributed by atoms with E-state index in [0.29, 0.717) is 29.0 Å². The zero-order valence-corrected chi connectivity index (χ0v) is 21.2. The average molecular weight is 530 g/mol. The van der Waals surface area contributed by atoms with Gasteiger partial charge in [-0.3, -0.25) is 9.20 Å². The third-order valence-corrected chi connectivity index (χ3v) is 5.96. The predicted octanol–water partition coefficient (Wildman–Crippen LogP) is 7.60. The molecule has 4 rings (SSSR count). The number of nitrogens with zero attached hydrogens (tertiary/aromatic N) is 2. The highest BCUT2D eigenvalue weighted by Gasteiger charge is 2.26. The minimum Gasteiger partial charge on any atom is -0.494 e. The van der Waals surface area contributed by atoms with Gasteiger partial charge >= 0.3 is 6.18 Å². The summed E-state index contributed by atoms with van der Waals surface area (Å²) in [6, 6.07) is 11.1. The lowest BCUT2D eigenvalue weighted by atomic mass is 9.98. The van der Waals surface area contributed by atoms with Crippen LogP contribution in [0.25, 0.3) is 16.9 Å². The zero-order valence-electron chi connectivity index (χ0n) is 21.2. The van der Waals surface area contributed by atoms with E-state index in [1.54, 1.807) is 22.9 Å². The van der Waals surface area contributed by atoms with Crippen molar-refractivity contribution in [1.29, 1.82) is 0 Å². The van der Waals surface area contributed by atoms with Crippen LogP contribution in [0.3, 0.4) is 0 Å². The summed E-state index contributed by atoms with van der Waals surface area (Å²) in [6.07, 6.45) is -0.932. The highest BCUT2D eigenvalue weighted by molar-refractivity contribution is 5.98. The first-order valence-electron chi connectivity index (χ1n) is 12.1. The Hall–Kier alpha value is -4.08.